The van der Waals surface area contributed by atoms with E-state index in [1.54, 1.807) is 6.08 Å². The lowest BCUT2D eigenvalue weighted by molar-refractivity contribution is -0.342. The number of carboxylic acid groups (broad SMARTS) is 1. The minimum absolute atomic E-state index is 0.0188. The van der Waals surface area contributed by atoms with E-state index in [4.69, 9.17) is 14.2 Å². The highest BCUT2D eigenvalue weighted by molar-refractivity contribution is 5.71. The number of ether oxygens (including phenoxy) is 3. The van der Waals surface area contributed by atoms with Crippen molar-refractivity contribution in [3.05, 3.63) is 12.3 Å². The van der Waals surface area contributed by atoms with Crippen LogP contribution in [0.5, 0.6) is 0 Å². The fourth-order valence-electron chi connectivity index (χ4n) is 3.71. The van der Waals surface area contributed by atoms with Crippen molar-refractivity contribution in [2.45, 2.75) is 49.8 Å². The Balaban J connectivity index is 1.74. The molecular weight excluding hydrogens is 324 g/mol. The minimum atomic E-state index is -1.56. The molecule has 0 aromatic rings. The van der Waals surface area contributed by atoms with Crippen LogP contribution in [0.1, 0.15) is 12.8 Å². The van der Waals surface area contributed by atoms with E-state index in [0.717, 1.165) is 0 Å². The molecule has 9 atom stereocenters. The molecule has 0 aromatic carbocycles. The van der Waals surface area contributed by atoms with Gasteiger partial charge in [-0.1, -0.05) is 0 Å². The van der Waals surface area contributed by atoms with E-state index in [9.17, 15) is 30.3 Å². The molecule has 0 spiro atoms. The van der Waals surface area contributed by atoms with Gasteiger partial charge in [0.1, 0.15) is 24.4 Å². The van der Waals surface area contributed by atoms with Gasteiger partial charge in [-0.3, -0.25) is 4.79 Å². The molecule has 0 aromatic heterocycles. The first-order valence-corrected chi connectivity index (χ1v) is 7.95. The number of carbonyl (C=O) groups is 1. The molecule has 136 valence electrons. The lowest BCUT2D eigenvalue weighted by Gasteiger charge is -2.42. The number of rotatable bonds is 4. The smallest absolute Gasteiger partial charge is 0.307 e. The molecule has 24 heavy (non-hydrogen) atoms. The Morgan fingerprint density at radius 1 is 1.12 bits per heavy atom. The Hall–Kier alpha value is -1.23. The third-order valence-corrected chi connectivity index (χ3v) is 5.06. The first kappa shape index (κ1) is 17.6. The van der Waals surface area contributed by atoms with E-state index in [1.807, 2.05) is 0 Å². The molecule has 2 fully saturated rings. The van der Waals surface area contributed by atoms with Gasteiger partial charge in [0.25, 0.3) is 0 Å². The lowest BCUT2D eigenvalue weighted by Crippen LogP contribution is -2.60. The highest BCUT2D eigenvalue weighted by Crippen LogP contribution is 2.44. The maximum Gasteiger partial charge on any atom is 0.307 e. The van der Waals surface area contributed by atoms with Crippen molar-refractivity contribution in [1.29, 1.82) is 0 Å². The molecule has 0 radical (unpaired) electrons. The van der Waals surface area contributed by atoms with Crippen molar-refractivity contribution in [2.75, 3.05) is 6.61 Å². The van der Waals surface area contributed by atoms with Crippen molar-refractivity contribution >= 4 is 5.97 Å². The van der Waals surface area contributed by atoms with Gasteiger partial charge in [0.05, 0.1) is 18.8 Å². The molecule has 3 aliphatic rings. The lowest BCUT2D eigenvalue weighted by atomic mass is 9.87. The molecule has 3 rings (SSSR count). The molecule has 1 aliphatic carbocycles. The van der Waals surface area contributed by atoms with Crippen LogP contribution in [0.3, 0.4) is 0 Å². The van der Waals surface area contributed by atoms with E-state index in [1.165, 1.54) is 6.26 Å². The first-order chi connectivity index (χ1) is 11.4. The summed E-state index contributed by atoms with van der Waals surface area (Å²) in [6.45, 7) is -0.569. The Morgan fingerprint density at radius 2 is 1.88 bits per heavy atom. The van der Waals surface area contributed by atoms with Crippen LogP contribution in [0.15, 0.2) is 12.3 Å². The third kappa shape index (κ3) is 3.03. The van der Waals surface area contributed by atoms with Gasteiger partial charge in [0.15, 0.2) is 6.29 Å². The first-order valence-electron chi connectivity index (χ1n) is 7.95. The monoisotopic (exact) mass is 346 g/mol. The predicted octanol–water partition coefficient (Wildman–Crippen LogP) is -1.60. The summed E-state index contributed by atoms with van der Waals surface area (Å²) in [7, 11) is 0. The standard InChI is InChI=1S/C15H22O9/c16-5-8-10(17)11(18)12(19)15(23-8)24-14-9-6(3-4-22-14)1-2-7(9)13(20)21/h3-4,6-12,14-19H,1-2,5H2,(H,20,21)/t6-,7+,8-,9+,10-,11+,12-,14+,15+/m1/s1. The summed E-state index contributed by atoms with van der Waals surface area (Å²) >= 11 is 0. The average molecular weight is 346 g/mol. The number of carboxylic acids is 1. The van der Waals surface area contributed by atoms with E-state index in [0.29, 0.717) is 12.8 Å². The second-order valence-corrected chi connectivity index (χ2v) is 6.43. The number of fused-ring (bicyclic) bond motifs is 1. The van der Waals surface area contributed by atoms with Gasteiger partial charge in [-0.05, 0) is 24.8 Å². The molecule has 1 saturated heterocycles. The van der Waals surface area contributed by atoms with Crippen LogP contribution < -0.4 is 0 Å². The predicted molar refractivity (Wildman–Crippen MR) is 76.2 cm³/mol. The third-order valence-electron chi connectivity index (χ3n) is 5.06. The SMILES string of the molecule is O=C(O)[C@H]1CC[C@@H]2C=CO[C@@H](O[C@@H]3O[C@H](CO)[C@@H](O)[C@H](O)[C@H]3O)[C@H]12. The Bertz CT molecular complexity index is 493. The minimum Gasteiger partial charge on any atom is -0.481 e. The van der Waals surface area contributed by atoms with Gasteiger partial charge in [-0.15, -0.1) is 0 Å². The molecule has 5 N–H and O–H groups in total. The van der Waals surface area contributed by atoms with Gasteiger partial charge in [-0.2, -0.15) is 0 Å². The fraction of sp³-hybridized carbons (Fsp3) is 0.800. The number of aliphatic hydroxyl groups is 4. The van der Waals surface area contributed by atoms with Crippen LogP contribution in [-0.2, 0) is 19.0 Å². The molecule has 9 heteroatoms. The van der Waals surface area contributed by atoms with Crippen LogP contribution >= 0.6 is 0 Å². The van der Waals surface area contributed by atoms with Crippen LogP contribution in [0, 0.1) is 17.8 Å². The molecule has 9 nitrogen and oxygen atoms in total. The highest BCUT2D eigenvalue weighted by atomic mass is 16.8. The van der Waals surface area contributed by atoms with Gasteiger partial charge in [0, 0.05) is 5.92 Å². The van der Waals surface area contributed by atoms with Crippen LogP contribution in [-0.4, -0.2) is 75.1 Å². The maximum atomic E-state index is 11.4. The maximum absolute atomic E-state index is 11.4. The largest absolute Gasteiger partial charge is 0.481 e. The van der Waals surface area contributed by atoms with Crippen LogP contribution in [0.25, 0.3) is 0 Å². The van der Waals surface area contributed by atoms with Crippen molar-refractivity contribution in [3.8, 4) is 0 Å². The summed E-state index contributed by atoms with van der Waals surface area (Å²) < 4.78 is 16.3. The van der Waals surface area contributed by atoms with E-state index < -0.39 is 61.4 Å². The molecule has 2 heterocycles. The fourth-order valence-corrected chi connectivity index (χ4v) is 3.71. The molecular formula is C15H22O9. The number of allylic oxidation sites excluding steroid dienone is 1. The van der Waals surface area contributed by atoms with E-state index in [2.05, 4.69) is 0 Å². The quantitative estimate of drug-likeness (QED) is 0.406. The molecule has 0 unspecified atom stereocenters. The second-order valence-electron chi connectivity index (χ2n) is 6.43. The topological polar surface area (TPSA) is 146 Å². The van der Waals surface area contributed by atoms with E-state index in [-0.39, 0.29) is 5.92 Å². The molecule has 2 aliphatic heterocycles. The van der Waals surface area contributed by atoms with Gasteiger partial charge in [0.2, 0.25) is 6.29 Å². The van der Waals surface area contributed by atoms with Crippen molar-refractivity contribution in [2.24, 2.45) is 17.8 Å². The zero-order chi connectivity index (χ0) is 17.4. The molecule has 0 amide bonds. The molecule has 1 saturated carbocycles. The van der Waals surface area contributed by atoms with Crippen LogP contribution in [0.2, 0.25) is 0 Å². The summed E-state index contributed by atoms with van der Waals surface area (Å²) in [6, 6.07) is 0. The van der Waals surface area contributed by atoms with Gasteiger partial charge in [-0.25, -0.2) is 0 Å². The summed E-state index contributed by atoms with van der Waals surface area (Å²) in [5, 5.41) is 48.2. The van der Waals surface area contributed by atoms with Crippen molar-refractivity contribution in [1.82, 2.24) is 0 Å². The van der Waals surface area contributed by atoms with Crippen LogP contribution in [0.4, 0.5) is 0 Å². The number of aliphatic hydroxyl groups excluding tert-OH is 4. The van der Waals surface area contributed by atoms with Gasteiger partial charge < -0.3 is 39.7 Å². The Morgan fingerprint density at radius 3 is 2.54 bits per heavy atom. The number of hydrogen-bond acceptors (Lipinski definition) is 8. The summed E-state index contributed by atoms with van der Waals surface area (Å²) in [5.41, 5.74) is 0. The van der Waals surface area contributed by atoms with Gasteiger partial charge >= 0.3 is 5.97 Å². The highest BCUT2D eigenvalue weighted by Gasteiger charge is 2.50. The summed E-state index contributed by atoms with van der Waals surface area (Å²) in [6.07, 6.45) is -3.61. The summed E-state index contributed by atoms with van der Waals surface area (Å²) in [4.78, 5) is 11.4. The Kier molecular flexibility index (Phi) is 5.09. The van der Waals surface area contributed by atoms with Crippen molar-refractivity contribution in [3.63, 3.8) is 0 Å². The zero-order valence-electron chi connectivity index (χ0n) is 12.8. The van der Waals surface area contributed by atoms with Crippen molar-refractivity contribution < 1.29 is 44.5 Å². The average Bonchev–Trinajstić information content (AvgIpc) is 3.00. The molecule has 0 bridgehead atoms. The second kappa shape index (κ2) is 6.95. The van der Waals surface area contributed by atoms with E-state index >= 15 is 0 Å². The summed E-state index contributed by atoms with van der Waals surface area (Å²) in [5.74, 6) is -2.05. The normalized spacial score (nSPS) is 47.9. The number of aliphatic carboxylic acids is 1. The number of hydrogen-bond donors (Lipinski definition) is 5. The zero-order valence-corrected chi connectivity index (χ0v) is 12.8. The Labute approximate surface area is 138 Å².